The van der Waals surface area contributed by atoms with Gasteiger partial charge in [0.25, 0.3) is 0 Å². The molecule has 222 valence electrons. The zero-order valence-corrected chi connectivity index (χ0v) is 25.4. The maximum absolute atomic E-state index is 12.3. The quantitative estimate of drug-likeness (QED) is 0.135. The van der Waals surface area contributed by atoms with E-state index in [-0.39, 0.29) is 0 Å². The SMILES string of the molecule is CCCCO[C@@H]1[C@@H](OCCCC)[C@H](c2ccc(Cl)c(Cc3ccc(OCC)cc3)c2)O[C@H](C=O)[C@H]1OCCCC. The number of benzene rings is 2. The predicted molar refractivity (Wildman–Crippen MR) is 159 cm³/mol. The van der Waals surface area contributed by atoms with Crippen LogP contribution in [-0.2, 0) is 30.2 Å². The summed E-state index contributed by atoms with van der Waals surface area (Å²) in [4.78, 5) is 12.3. The number of hydrogen-bond donors (Lipinski definition) is 0. The van der Waals surface area contributed by atoms with Crippen LogP contribution in [-0.4, -0.2) is 57.1 Å². The molecule has 40 heavy (non-hydrogen) atoms. The van der Waals surface area contributed by atoms with Gasteiger partial charge in [0.05, 0.1) is 6.61 Å². The Morgan fingerprint density at radius 3 is 1.98 bits per heavy atom. The average Bonchev–Trinajstić information content (AvgIpc) is 2.96. The molecule has 1 saturated heterocycles. The molecule has 0 aromatic heterocycles. The van der Waals surface area contributed by atoms with E-state index in [0.29, 0.717) is 37.9 Å². The van der Waals surface area contributed by atoms with Crippen molar-refractivity contribution in [2.24, 2.45) is 0 Å². The average molecular weight is 575 g/mol. The second kappa shape index (κ2) is 17.8. The first kappa shape index (κ1) is 32.6. The van der Waals surface area contributed by atoms with Crippen LogP contribution in [0.2, 0.25) is 5.02 Å². The van der Waals surface area contributed by atoms with E-state index >= 15 is 0 Å². The summed E-state index contributed by atoms with van der Waals surface area (Å²) >= 11 is 6.67. The third-order valence-electron chi connectivity index (χ3n) is 7.16. The molecule has 0 radical (unpaired) electrons. The Labute approximate surface area is 245 Å². The first-order chi connectivity index (χ1) is 19.6. The number of carbonyl (C=O) groups is 1. The Morgan fingerprint density at radius 1 is 0.800 bits per heavy atom. The molecule has 0 bridgehead atoms. The monoisotopic (exact) mass is 574 g/mol. The van der Waals surface area contributed by atoms with Crippen LogP contribution in [0.25, 0.3) is 0 Å². The molecule has 0 unspecified atom stereocenters. The molecule has 5 atom stereocenters. The van der Waals surface area contributed by atoms with E-state index < -0.39 is 30.5 Å². The Balaban J connectivity index is 1.93. The highest BCUT2D eigenvalue weighted by Crippen LogP contribution is 2.38. The van der Waals surface area contributed by atoms with Gasteiger partial charge in [-0.2, -0.15) is 0 Å². The Kier molecular flexibility index (Phi) is 14.5. The lowest BCUT2D eigenvalue weighted by atomic mass is 9.89. The standard InChI is InChI=1S/C33H47ClO6/c1-5-9-18-37-31-29(23-35)40-30(32(38-19-10-6-2)33(31)39-20-11-7-3)25-14-17-28(34)26(22-25)21-24-12-15-27(16-13-24)36-8-4/h12-17,22-23,29-33H,5-11,18-21H2,1-4H3/t29-,30+,31-,32+,33+/m1/s1. The van der Waals surface area contributed by atoms with Gasteiger partial charge in [-0.15, -0.1) is 0 Å². The van der Waals surface area contributed by atoms with Crippen LogP contribution in [0.15, 0.2) is 42.5 Å². The van der Waals surface area contributed by atoms with E-state index in [2.05, 4.69) is 39.0 Å². The smallest absolute Gasteiger partial charge is 0.151 e. The van der Waals surface area contributed by atoms with Gasteiger partial charge < -0.3 is 28.5 Å². The van der Waals surface area contributed by atoms with Crippen molar-refractivity contribution in [3.8, 4) is 5.75 Å². The zero-order chi connectivity index (χ0) is 28.7. The summed E-state index contributed by atoms with van der Waals surface area (Å²) in [6, 6.07) is 14.0. The number of unbranched alkanes of at least 4 members (excludes halogenated alkanes) is 3. The fraction of sp³-hybridized carbons (Fsp3) is 0.606. The van der Waals surface area contributed by atoms with Crippen molar-refractivity contribution in [1.29, 1.82) is 0 Å². The summed E-state index contributed by atoms with van der Waals surface area (Å²) in [7, 11) is 0. The summed E-state index contributed by atoms with van der Waals surface area (Å²) in [5.41, 5.74) is 3.01. The number of halogens is 1. The molecule has 0 spiro atoms. The molecule has 2 aromatic carbocycles. The van der Waals surface area contributed by atoms with Gasteiger partial charge in [-0.25, -0.2) is 0 Å². The van der Waals surface area contributed by atoms with E-state index in [1.807, 2.05) is 31.2 Å². The molecule has 6 nitrogen and oxygen atoms in total. The van der Waals surface area contributed by atoms with Gasteiger partial charge in [0.1, 0.15) is 36.3 Å². The van der Waals surface area contributed by atoms with Gasteiger partial charge in [0.15, 0.2) is 6.29 Å². The van der Waals surface area contributed by atoms with Crippen LogP contribution in [0.3, 0.4) is 0 Å². The van der Waals surface area contributed by atoms with Crippen molar-refractivity contribution >= 4 is 17.9 Å². The second-order valence-electron chi connectivity index (χ2n) is 10.3. The summed E-state index contributed by atoms with van der Waals surface area (Å²) < 4.78 is 31.2. The Morgan fingerprint density at radius 2 is 1.40 bits per heavy atom. The van der Waals surface area contributed by atoms with Gasteiger partial charge in [0.2, 0.25) is 0 Å². The van der Waals surface area contributed by atoms with Gasteiger partial charge >= 0.3 is 0 Å². The van der Waals surface area contributed by atoms with E-state index in [4.69, 9.17) is 35.3 Å². The van der Waals surface area contributed by atoms with Crippen LogP contribution >= 0.6 is 11.6 Å². The normalized spacial score (nSPS) is 22.8. The van der Waals surface area contributed by atoms with Crippen LogP contribution < -0.4 is 4.74 Å². The van der Waals surface area contributed by atoms with Crippen LogP contribution in [0.5, 0.6) is 5.75 Å². The van der Waals surface area contributed by atoms with E-state index in [0.717, 1.165) is 67.3 Å². The van der Waals surface area contributed by atoms with Crippen molar-refractivity contribution in [1.82, 2.24) is 0 Å². The van der Waals surface area contributed by atoms with Crippen LogP contribution in [0, 0.1) is 0 Å². The van der Waals surface area contributed by atoms with Gasteiger partial charge in [-0.1, -0.05) is 75.9 Å². The molecule has 3 rings (SSSR count). The Hall–Kier alpha value is -1.96. The van der Waals surface area contributed by atoms with Gasteiger partial charge in [0, 0.05) is 24.8 Å². The van der Waals surface area contributed by atoms with Crippen molar-refractivity contribution < 1.29 is 28.5 Å². The summed E-state index contributed by atoms with van der Waals surface area (Å²) in [5.74, 6) is 0.846. The molecule has 7 heteroatoms. The fourth-order valence-corrected chi connectivity index (χ4v) is 5.08. The molecule has 0 saturated carbocycles. The number of ether oxygens (including phenoxy) is 5. The van der Waals surface area contributed by atoms with Gasteiger partial charge in [-0.05, 0) is 67.5 Å². The van der Waals surface area contributed by atoms with Crippen LogP contribution in [0.1, 0.15) is 89.0 Å². The molecule has 2 aromatic rings. The molecular weight excluding hydrogens is 528 g/mol. The third-order valence-corrected chi connectivity index (χ3v) is 7.53. The first-order valence-electron chi connectivity index (χ1n) is 15.0. The molecule has 0 amide bonds. The Bertz CT molecular complexity index is 997. The topological polar surface area (TPSA) is 63.2 Å². The number of aldehydes is 1. The lowest BCUT2D eigenvalue weighted by molar-refractivity contribution is -0.252. The molecule has 0 aliphatic carbocycles. The number of carbonyl (C=O) groups excluding carboxylic acids is 1. The van der Waals surface area contributed by atoms with Crippen molar-refractivity contribution in [2.75, 3.05) is 26.4 Å². The minimum Gasteiger partial charge on any atom is -0.494 e. The van der Waals surface area contributed by atoms with E-state index in [1.54, 1.807) is 0 Å². The lowest BCUT2D eigenvalue weighted by Crippen LogP contribution is -2.58. The highest BCUT2D eigenvalue weighted by atomic mass is 35.5. The van der Waals surface area contributed by atoms with E-state index in [9.17, 15) is 4.79 Å². The number of rotatable bonds is 18. The van der Waals surface area contributed by atoms with Crippen LogP contribution in [0.4, 0.5) is 0 Å². The second-order valence-corrected chi connectivity index (χ2v) is 10.7. The van der Waals surface area contributed by atoms with Gasteiger partial charge in [-0.3, -0.25) is 0 Å². The minimum absolute atomic E-state index is 0.425. The fourth-order valence-electron chi connectivity index (χ4n) is 4.90. The molecule has 1 aliphatic rings. The third kappa shape index (κ3) is 9.28. The highest BCUT2D eigenvalue weighted by Gasteiger charge is 2.48. The summed E-state index contributed by atoms with van der Waals surface area (Å²) in [6.07, 6.45) is 4.64. The minimum atomic E-state index is -0.759. The molecule has 1 fully saturated rings. The van der Waals surface area contributed by atoms with Crippen molar-refractivity contribution in [3.63, 3.8) is 0 Å². The predicted octanol–water partition coefficient (Wildman–Crippen LogP) is 7.52. The van der Waals surface area contributed by atoms with E-state index in [1.165, 1.54) is 0 Å². The molecular formula is C33H47ClO6. The largest absolute Gasteiger partial charge is 0.494 e. The summed E-state index contributed by atoms with van der Waals surface area (Å²) in [6.45, 7) is 10.7. The maximum Gasteiger partial charge on any atom is 0.151 e. The zero-order valence-electron chi connectivity index (χ0n) is 24.6. The first-order valence-corrected chi connectivity index (χ1v) is 15.4. The summed E-state index contributed by atoms with van der Waals surface area (Å²) in [5, 5.41) is 0.681. The maximum atomic E-state index is 12.3. The van der Waals surface area contributed by atoms with Crippen molar-refractivity contribution in [3.05, 3.63) is 64.2 Å². The number of hydrogen-bond acceptors (Lipinski definition) is 6. The lowest BCUT2D eigenvalue weighted by Gasteiger charge is -2.45. The van der Waals surface area contributed by atoms with Crippen molar-refractivity contribution in [2.45, 2.75) is 103 Å². The molecule has 0 N–H and O–H groups in total. The highest BCUT2D eigenvalue weighted by molar-refractivity contribution is 6.31. The molecule has 1 heterocycles. The molecule has 1 aliphatic heterocycles.